The molecule has 1 saturated carbocycles. The number of benzene rings is 1. The van der Waals surface area contributed by atoms with E-state index in [1.165, 1.54) is 12.8 Å². The second kappa shape index (κ2) is 7.40. The van der Waals surface area contributed by atoms with Gasteiger partial charge in [0.05, 0.1) is 5.75 Å². The van der Waals surface area contributed by atoms with Gasteiger partial charge in [-0.25, -0.2) is 0 Å². The number of rotatable bonds is 5. The average Bonchev–Trinajstić information content (AvgIpc) is 3.48. The summed E-state index contributed by atoms with van der Waals surface area (Å²) in [6, 6.07) is 9.71. The van der Waals surface area contributed by atoms with Crippen molar-refractivity contribution in [3.8, 4) is 0 Å². The Bertz CT molecular complexity index is 632. The third-order valence-electron chi connectivity index (χ3n) is 5.62. The van der Waals surface area contributed by atoms with Crippen molar-refractivity contribution in [2.45, 2.75) is 31.7 Å². The van der Waals surface area contributed by atoms with E-state index in [1.807, 2.05) is 35.2 Å². The first-order chi connectivity index (χ1) is 12.2. The highest BCUT2D eigenvalue weighted by Gasteiger charge is 2.38. The first kappa shape index (κ1) is 17.0. The van der Waals surface area contributed by atoms with Gasteiger partial charge in [-0.1, -0.05) is 18.2 Å². The molecule has 3 saturated heterocycles. The summed E-state index contributed by atoms with van der Waals surface area (Å²) in [5, 5.41) is 0. The van der Waals surface area contributed by atoms with E-state index in [9.17, 15) is 9.59 Å². The average molecular weight is 359 g/mol. The molecule has 25 heavy (non-hydrogen) atoms. The molecule has 3 aliphatic heterocycles. The topological polar surface area (TPSA) is 40.6 Å². The van der Waals surface area contributed by atoms with Gasteiger partial charge in [0.25, 0.3) is 5.91 Å². The number of thioether (sulfide) groups is 1. The number of piperidine rings is 1. The highest BCUT2D eigenvalue weighted by Crippen LogP contribution is 2.33. The van der Waals surface area contributed by atoms with Crippen molar-refractivity contribution < 1.29 is 9.59 Å². The third-order valence-corrected chi connectivity index (χ3v) is 6.78. The third kappa shape index (κ3) is 4.02. The zero-order chi connectivity index (χ0) is 17.2. The van der Waals surface area contributed by atoms with Gasteiger partial charge < -0.3 is 9.80 Å². The second-order valence-corrected chi connectivity index (χ2v) is 8.71. The number of carbonyl (C=O) groups excluding carboxylic acids is 2. The number of carbonyl (C=O) groups is 2. The fraction of sp³-hybridized carbons (Fsp3) is 0.600. The maximum Gasteiger partial charge on any atom is 0.253 e. The summed E-state index contributed by atoms with van der Waals surface area (Å²) < 4.78 is 0. The number of nitrogens with zero attached hydrogens (tertiary/aromatic N) is 2. The van der Waals surface area contributed by atoms with E-state index in [1.54, 1.807) is 11.8 Å². The van der Waals surface area contributed by atoms with Crippen LogP contribution in [0.1, 0.15) is 36.0 Å². The second-order valence-electron chi connectivity index (χ2n) is 7.68. The van der Waals surface area contributed by atoms with E-state index in [-0.39, 0.29) is 17.9 Å². The summed E-state index contributed by atoms with van der Waals surface area (Å²) >= 11 is 1.79. The highest BCUT2D eigenvalue weighted by molar-refractivity contribution is 7.99. The number of hydrogen-bond donors (Lipinski definition) is 0. The van der Waals surface area contributed by atoms with Crippen molar-refractivity contribution in [2.24, 2.45) is 11.8 Å². The van der Waals surface area contributed by atoms with Gasteiger partial charge in [-0.15, -0.1) is 0 Å². The molecule has 0 spiro atoms. The zero-order valence-corrected chi connectivity index (χ0v) is 15.4. The van der Waals surface area contributed by atoms with E-state index in [4.69, 9.17) is 0 Å². The highest BCUT2D eigenvalue weighted by atomic mass is 32.2. The Kier molecular flexibility index (Phi) is 5.02. The molecular weight excluding hydrogens is 332 g/mol. The van der Waals surface area contributed by atoms with Gasteiger partial charge >= 0.3 is 0 Å². The van der Waals surface area contributed by atoms with Crippen LogP contribution in [0.15, 0.2) is 30.3 Å². The number of hydrogen-bond acceptors (Lipinski definition) is 3. The van der Waals surface area contributed by atoms with Crippen molar-refractivity contribution in [1.29, 1.82) is 0 Å². The van der Waals surface area contributed by atoms with E-state index in [0.717, 1.165) is 43.2 Å². The molecule has 0 radical (unpaired) electrons. The lowest BCUT2D eigenvalue weighted by atomic mass is 9.95. The lowest BCUT2D eigenvalue weighted by Crippen LogP contribution is -2.48. The van der Waals surface area contributed by atoms with Gasteiger partial charge in [0, 0.05) is 31.2 Å². The molecule has 3 heterocycles. The summed E-state index contributed by atoms with van der Waals surface area (Å²) in [5.41, 5.74) is 0.752. The molecule has 0 aromatic heterocycles. The molecule has 5 rings (SSSR count). The van der Waals surface area contributed by atoms with E-state index < -0.39 is 0 Å². The zero-order valence-electron chi connectivity index (χ0n) is 14.6. The van der Waals surface area contributed by atoms with Gasteiger partial charge in [-0.2, -0.15) is 11.8 Å². The van der Waals surface area contributed by atoms with Gasteiger partial charge in [0.15, 0.2) is 0 Å². The number of fused-ring (bicyclic) bond motifs is 4. The van der Waals surface area contributed by atoms with Crippen LogP contribution in [-0.2, 0) is 4.79 Å². The summed E-state index contributed by atoms with van der Waals surface area (Å²) in [7, 11) is 0. The summed E-state index contributed by atoms with van der Waals surface area (Å²) in [6.07, 6.45) is 4.84. The van der Waals surface area contributed by atoms with Crippen molar-refractivity contribution in [3.63, 3.8) is 0 Å². The molecule has 0 N–H and O–H groups in total. The SMILES string of the molecule is O=C(c1ccccc1)N1C[C@@H]2CC[C@H](C1)N(C(=O)CSCC1CC1)C2. The molecule has 4 fully saturated rings. The van der Waals surface area contributed by atoms with Crippen LogP contribution >= 0.6 is 11.8 Å². The van der Waals surface area contributed by atoms with Crippen LogP contribution in [0.3, 0.4) is 0 Å². The van der Waals surface area contributed by atoms with Crippen LogP contribution in [0.5, 0.6) is 0 Å². The molecule has 5 heteroatoms. The fourth-order valence-electron chi connectivity index (χ4n) is 4.00. The quantitative estimate of drug-likeness (QED) is 0.813. The van der Waals surface area contributed by atoms with Crippen LogP contribution in [0.25, 0.3) is 0 Å². The van der Waals surface area contributed by atoms with Gasteiger partial charge in [-0.3, -0.25) is 9.59 Å². The molecule has 4 nitrogen and oxygen atoms in total. The van der Waals surface area contributed by atoms with Crippen LogP contribution in [0, 0.1) is 11.8 Å². The predicted octanol–water partition coefficient (Wildman–Crippen LogP) is 2.89. The Hall–Kier alpha value is -1.49. The van der Waals surface area contributed by atoms with Gasteiger partial charge in [0.2, 0.25) is 5.91 Å². The molecule has 2 atom stereocenters. The summed E-state index contributed by atoms with van der Waals surface area (Å²) in [5.74, 6) is 3.39. The van der Waals surface area contributed by atoms with E-state index in [0.29, 0.717) is 18.2 Å². The maximum absolute atomic E-state index is 12.8. The minimum Gasteiger partial charge on any atom is -0.337 e. The fourth-order valence-corrected chi connectivity index (χ4v) is 5.12. The smallest absolute Gasteiger partial charge is 0.253 e. The first-order valence-corrected chi connectivity index (χ1v) is 10.6. The lowest BCUT2D eigenvalue weighted by Gasteiger charge is -2.36. The monoisotopic (exact) mass is 358 g/mol. The summed E-state index contributed by atoms with van der Waals surface area (Å²) in [4.78, 5) is 29.6. The molecule has 1 aromatic carbocycles. The molecular formula is C20H26N2O2S. The normalized spacial score (nSPS) is 25.8. The summed E-state index contributed by atoms with van der Waals surface area (Å²) in [6.45, 7) is 2.29. The lowest BCUT2D eigenvalue weighted by molar-refractivity contribution is -0.132. The minimum absolute atomic E-state index is 0.106. The molecule has 134 valence electrons. The molecule has 4 aliphatic rings. The Labute approximate surface area is 153 Å². The minimum atomic E-state index is 0.106. The van der Waals surface area contributed by atoms with Gasteiger partial charge in [-0.05, 0) is 55.4 Å². The van der Waals surface area contributed by atoms with Gasteiger partial charge in [0.1, 0.15) is 0 Å². The largest absolute Gasteiger partial charge is 0.337 e. The van der Waals surface area contributed by atoms with E-state index in [2.05, 4.69) is 4.90 Å². The van der Waals surface area contributed by atoms with Crippen molar-refractivity contribution in [2.75, 3.05) is 31.1 Å². The van der Waals surface area contributed by atoms with Crippen molar-refractivity contribution in [3.05, 3.63) is 35.9 Å². The van der Waals surface area contributed by atoms with Crippen molar-refractivity contribution in [1.82, 2.24) is 9.80 Å². The Morgan fingerprint density at radius 2 is 1.80 bits per heavy atom. The van der Waals surface area contributed by atoms with Crippen LogP contribution in [0.2, 0.25) is 0 Å². The predicted molar refractivity (Wildman–Crippen MR) is 101 cm³/mol. The Balaban J connectivity index is 1.39. The maximum atomic E-state index is 12.8. The first-order valence-electron chi connectivity index (χ1n) is 9.42. The van der Waals surface area contributed by atoms with Crippen LogP contribution in [0.4, 0.5) is 0 Å². The molecule has 1 aliphatic carbocycles. The molecule has 0 unspecified atom stereocenters. The molecule has 2 bridgehead atoms. The van der Waals surface area contributed by atoms with Crippen LogP contribution in [-0.4, -0.2) is 58.8 Å². The van der Waals surface area contributed by atoms with Crippen molar-refractivity contribution >= 4 is 23.6 Å². The Morgan fingerprint density at radius 1 is 1.00 bits per heavy atom. The Morgan fingerprint density at radius 3 is 2.56 bits per heavy atom. The number of amides is 2. The molecule has 2 amide bonds. The standard InChI is InChI=1S/C20H26N2O2S/c23-19(14-25-13-15-6-7-15)22-11-16-8-9-18(22)12-21(10-16)20(24)17-4-2-1-3-5-17/h1-5,15-16,18H,6-14H2/t16-,18+/m0/s1. The van der Waals surface area contributed by atoms with Crippen LogP contribution < -0.4 is 0 Å². The van der Waals surface area contributed by atoms with E-state index >= 15 is 0 Å². The molecule has 1 aromatic rings.